The van der Waals surface area contributed by atoms with E-state index >= 15 is 8.78 Å². The number of halogens is 2. The molecule has 0 spiro atoms. The molecule has 0 fully saturated rings. The van der Waals surface area contributed by atoms with Crippen LogP contribution in [0.4, 0.5) is 8.78 Å². The molecule has 0 saturated carbocycles. The molecule has 10 heteroatoms. The van der Waals surface area contributed by atoms with Crippen LogP contribution in [0.2, 0.25) is 0 Å². The Hall–Kier alpha value is -1.57. The summed E-state index contributed by atoms with van der Waals surface area (Å²) in [5.74, 6) is -1.18. The third-order valence-electron chi connectivity index (χ3n) is 9.49. The largest absolute Gasteiger partial charge is 0.462 e. The molecule has 0 aliphatic heterocycles. The Balaban J connectivity index is 4.55. The molecule has 1 atom stereocenters. The Morgan fingerprint density at radius 3 is 1.28 bits per heavy atom. The number of ether oxygens (including phenoxy) is 2. The number of unbranched alkanes of at least 4 members (excludes halogenated alkanes) is 22. The Bertz CT molecular complexity index is 978. The van der Waals surface area contributed by atoms with Crippen molar-refractivity contribution in [1.29, 1.82) is 0 Å². The number of allylic oxidation sites excluding steroid dienone is 4. The maximum absolute atomic E-state index is 15.3. The van der Waals surface area contributed by atoms with Crippen molar-refractivity contribution in [1.82, 2.24) is 0 Å². The highest BCUT2D eigenvalue weighted by Gasteiger charge is 2.55. The smallest absolute Gasteiger partial charge is 0.399 e. The summed E-state index contributed by atoms with van der Waals surface area (Å²) in [5.41, 5.74) is -3.94. The van der Waals surface area contributed by atoms with Crippen molar-refractivity contribution in [2.75, 3.05) is 19.8 Å². The van der Waals surface area contributed by atoms with E-state index in [9.17, 15) is 14.2 Å². The molecule has 0 saturated heterocycles. The van der Waals surface area contributed by atoms with Crippen LogP contribution in [0, 0.1) is 0 Å². The van der Waals surface area contributed by atoms with Crippen LogP contribution < -0.4 is 0 Å². The lowest BCUT2D eigenvalue weighted by Gasteiger charge is -2.28. The van der Waals surface area contributed by atoms with Crippen LogP contribution in [0.3, 0.4) is 0 Å². The number of rotatable bonds is 40. The average Bonchev–Trinajstić information content (AvgIpc) is 3.13. The van der Waals surface area contributed by atoms with E-state index in [2.05, 4.69) is 38.2 Å². The van der Waals surface area contributed by atoms with Gasteiger partial charge in [-0.25, -0.2) is 0 Å². The average molecular weight is 791 g/mol. The summed E-state index contributed by atoms with van der Waals surface area (Å²) in [7, 11) is -4.84. The van der Waals surface area contributed by atoms with Gasteiger partial charge < -0.3 is 18.5 Å². The molecule has 318 valence electrons. The van der Waals surface area contributed by atoms with E-state index in [1.807, 2.05) is 0 Å². The zero-order valence-electron chi connectivity index (χ0n) is 35.1. The van der Waals surface area contributed by atoms with E-state index in [0.29, 0.717) is 12.8 Å². The summed E-state index contributed by atoms with van der Waals surface area (Å²) in [6.07, 6.45) is 36.1. The Morgan fingerprint density at radius 2 is 0.889 bits per heavy atom. The maximum atomic E-state index is 15.3. The van der Waals surface area contributed by atoms with Crippen molar-refractivity contribution in [3.8, 4) is 0 Å². The van der Waals surface area contributed by atoms with E-state index < -0.39 is 44.3 Å². The van der Waals surface area contributed by atoms with Gasteiger partial charge >= 0.3 is 25.2 Å². The first-order chi connectivity index (χ1) is 26.2. The molecule has 0 heterocycles. The normalized spacial score (nSPS) is 12.9. The highest BCUT2D eigenvalue weighted by molar-refractivity contribution is 7.55. The van der Waals surface area contributed by atoms with Gasteiger partial charge in [-0.1, -0.05) is 141 Å². The zero-order valence-corrected chi connectivity index (χ0v) is 36.0. The molecule has 0 aliphatic carbocycles. The van der Waals surface area contributed by atoms with E-state index in [0.717, 1.165) is 77.0 Å². The second-order valence-corrected chi connectivity index (χ2v) is 16.8. The molecule has 0 aromatic rings. The first kappa shape index (κ1) is 52.4. The number of hydrogen-bond donors (Lipinski definition) is 0. The molecule has 0 amide bonds. The number of hydrogen-bond acceptors (Lipinski definition) is 7. The number of carbonyl (C=O) groups excluding carboxylic acids is 2. The van der Waals surface area contributed by atoms with Gasteiger partial charge in [0.1, 0.15) is 12.7 Å². The van der Waals surface area contributed by atoms with Gasteiger partial charge in [-0.15, -0.1) is 0 Å². The summed E-state index contributed by atoms with van der Waals surface area (Å²) >= 11 is 0. The number of esters is 2. The Morgan fingerprint density at radius 1 is 0.537 bits per heavy atom. The number of carbonyl (C=O) groups is 2. The summed E-state index contributed by atoms with van der Waals surface area (Å²) in [6.45, 7) is 6.35. The van der Waals surface area contributed by atoms with Gasteiger partial charge in [0.15, 0.2) is 0 Å². The van der Waals surface area contributed by atoms with Crippen LogP contribution in [0.15, 0.2) is 24.3 Å². The molecular formula is C44H81F2O7P. The molecule has 0 aromatic carbocycles. The van der Waals surface area contributed by atoms with E-state index in [4.69, 9.17) is 18.5 Å². The fourth-order valence-electron chi connectivity index (χ4n) is 6.27. The van der Waals surface area contributed by atoms with Crippen LogP contribution >= 0.6 is 7.60 Å². The van der Waals surface area contributed by atoms with Crippen LogP contribution in [-0.2, 0) is 32.7 Å². The van der Waals surface area contributed by atoms with Gasteiger partial charge in [-0.3, -0.25) is 14.2 Å². The molecule has 54 heavy (non-hydrogen) atoms. The molecule has 0 radical (unpaired) electrons. The van der Waals surface area contributed by atoms with Crippen LogP contribution in [-0.4, -0.2) is 43.5 Å². The van der Waals surface area contributed by atoms with Gasteiger partial charge in [0, 0.05) is 12.8 Å². The predicted octanol–water partition coefficient (Wildman–Crippen LogP) is 14.8. The van der Waals surface area contributed by atoms with Crippen LogP contribution in [0.5, 0.6) is 0 Å². The van der Waals surface area contributed by atoms with Crippen molar-refractivity contribution < 1.29 is 41.5 Å². The highest BCUT2D eigenvalue weighted by Crippen LogP contribution is 2.63. The molecule has 0 bridgehead atoms. The topological polar surface area (TPSA) is 88.1 Å². The lowest BCUT2D eigenvalue weighted by Crippen LogP contribution is -2.33. The lowest BCUT2D eigenvalue weighted by molar-refractivity contribution is -0.162. The third-order valence-corrected chi connectivity index (χ3v) is 11.7. The van der Waals surface area contributed by atoms with Gasteiger partial charge in [-0.05, 0) is 78.1 Å². The minimum atomic E-state index is -4.84. The fourth-order valence-corrected chi connectivity index (χ4v) is 7.83. The quantitative estimate of drug-likeness (QED) is 0.0264. The molecular weight excluding hydrogens is 709 g/mol. The molecule has 0 aliphatic rings. The van der Waals surface area contributed by atoms with Crippen molar-refractivity contribution in [2.45, 2.75) is 226 Å². The second kappa shape index (κ2) is 37.0. The minimum Gasteiger partial charge on any atom is -0.462 e. The summed E-state index contributed by atoms with van der Waals surface area (Å²) in [6, 6.07) is 0. The minimum absolute atomic E-state index is 0.0671. The summed E-state index contributed by atoms with van der Waals surface area (Å²) in [5, 5.41) is 0. The molecule has 0 unspecified atom stereocenters. The SMILES string of the molecule is CCCCCCCC/C=C/CCCCCCCC(=O)OC[C@@H](CC(F)(F)P(=O)(OCC)OCC)OC(=O)CCCCCCC/C=C/CCCCCCCC. The van der Waals surface area contributed by atoms with Gasteiger partial charge in [-0.2, -0.15) is 8.78 Å². The summed E-state index contributed by atoms with van der Waals surface area (Å²) in [4.78, 5) is 25.2. The predicted molar refractivity (Wildman–Crippen MR) is 220 cm³/mol. The zero-order chi connectivity index (χ0) is 40.0. The van der Waals surface area contributed by atoms with Crippen molar-refractivity contribution in [3.05, 3.63) is 24.3 Å². The first-order valence-electron chi connectivity index (χ1n) is 22.1. The third kappa shape index (κ3) is 30.6. The van der Waals surface area contributed by atoms with Crippen molar-refractivity contribution in [2.24, 2.45) is 0 Å². The molecule has 0 rings (SSSR count). The highest BCUT2D eigenvalue weighted by atomic mass is 31.2. The van der Waals surface area contributed by atoms with Crippen molar-refractivity contribution in [3.63, 3.8) is 0 Å². The van der Waals surface area contributed by atoms with E-state index in [1.165, 1.54) is 90.9 Å². The van der Waals surface area contributed by atoms with Crippen molar-refractivity contribution >= 4 is 19.5 Å². The second-order valence-electron chi connectivity index (χ2n) is 14.7. The van der Waals surface area contributed by atoms with E-state index in [-0.39, 0.29) is 26.1 Å². The molecule has 0 aromatic heterocycles. The Kier molecular flexibility index (Phi) is 36.0. The first-order valence-corrected chi connectivity index (χ1v) is 23.6. The molecule has 7 nitrogen and oxygen atoms in total. The maximum Gasteiger partial charge on any atom is 0.399 e. The van der Waals surface area contributed by atoms with Gasteiger partial charge in [0.25, 0.3) is 0 Å². The van der Waals surface area contributed by atoms with Gasteiger partial charge in [0.2, 0.25) is 0 Å². The standard InChI is InChI=1S/C44H81F2O7P/c1-5-9-11-13-15-17-19-21-23-25-27-29-31-33-35-37-42(47)50-40-41(39-44(45,46)54(49,51-7-3)52-8-4)53-43(48)38-36-34-32-30-28-26-24-22-20-18-16-14-12-10-6-2/h21-24,41H,5-20,25-40H2,1-4H3/b23-21+,24-22+/t41-/m1/s1. The monoisotopic (exact) mass is 791 g/mol. The summed E-state index contributed by atoms with van der Waals surface area (Å²) < 4.78 is 64.1. The Labute approximate surface area is 330 Å². The molecule has 0 N–H and O–H groups in total. The number of alkyl halides is 2. The van der Waals surface area contributed by atoms with Crippen LogP contribution in [0.1, 0.15) is 214 Å². The van der Waals surface area contributed by atoms with Crippen LogP contribution in [0.25, 0.3) is 0 Å². The van der Waals surface area contributed by atoms with Gasteiger partial charge in [0.05, 0.1) is 19.6 Å². The lowest BCUT2D eigenvalue weighted by atomic mass is 10.1. The van der Waals surface area contributed by atoms with E-state index in [1.54, 1.807) is 0 Å². The fraction of sp³-hybridized carbons (Fsp3) is 0.864.